The molecule has 1 aromatic carbocycles. The van der Waals surface area contributed by atoms with Gasteiger partial charge in [0.2, 0.25) is 10.0 Å². The van der Waals surface area contributed by atoms with Crippen molar-refractivity contribution in [1.82, 2.24) is 25.6 Å². The first-order valence-corrected chi connectivity index (χ1v) is 7.81. The van der Waals surface area contributed by atoms with Gasteiger partial charge in [-0.3, -0.25) is 4.98 Å². The fourth-order valence-corrected chi connectivity index (χ4v) is 2.93. The second kappa shape index (κ2) is 5.56. The molecule has 0 unspecified atom stereocenters. The van der Waals surface area contributed by atoms with Crippen LogP contribution in [0.3, 0.4) is 0 Å². The minimum absolute atomic E-state index is 0.129. The normalized spacial score (nSPS) is 11.1. The third-order valence-corrected chi connectivity index (χ3v) is 4.05. The fourth-order valence-electron chi connectivity index (χ4n) is 2.17. The molecule has 2 heterocycles. The third-order valence-electron chi connectivity index (χ3n) is 3.09. The summed E-state index contributed by atoms with van der Waals surface area (Å²) in [5.41, 5.74) is 1.59. The Morgan fingerprint density at radius 3 is 2.74 bits per heavy atom. The summed E-state index contributed by atoms with van der Waals surface area (Å²) >= 11 is 0. The highest BCUT2D eigenvalue weighted by Gasteiger charge is 2.22. The first-order chi connectivity index (χ1) is 11.0. The van der Waals surface area contributed by atoms with Crippen LogP contribution in [-0.4, -0.2) is 34.0 Å². The van der Waals surface area contributed by atoms with Crippen LogP contribution in [0, 0.1) is 11.3 Å². The smallest absolute Gasteiger partial charge is 0.238 e. The van der Waals surface area contributed by atoms with Crippen LogP contribution in [0.2, 0.25) is 0 Å². The number of nitrogens with one attached hydrogen (secondary N) is 1. The lowest BCUT2D eigenvalue weighted by Gasteiger charge is -2.11. The number of H-pyrrole nitrogens is 1. The number of rotatable bonds is 3. The van der Waals surface area contributed by atoms with Gasteiger partial charge in [0.15, 0.2) is 5.82 Å². The van der Waals surface area contributed by atoms with Crippen molar-refractivity contribution in [2.45, 2.75) is 4.90 Å². The minimum atomic E-state index is -4.01. The highest BCUT2D eigenvalue weighted by Crippen LogP contribution is 2.34. The third kappa shape index (κ3) is 2.78. The number of aromatic nitrogens is 5. The zero-order chi connectivity index (χ0) is 16.4. The Bertz CT molecular complexity index is 1010. The Balaban J connectivity index is 2.36. The second-order valence-corrected chi connectivity index (χ2v) is 6.08. The molecule has 3 aromatic rings. The van der Waals surface area contributed by atoms with E-state index in [0.717, 1.165) is 0 Å². The van der Waals surface area contributed by atoms with E-state index in [2.05, 4.69) is 25.6 Å². The minimum Gasteiger partial charge on any atom is -0.263 e. The second-order valence-electron chi connectivity index (χ2n) is 4.55. The van der Waals surface area contributed by atoms with Gasteiger partial charge in [0, 0.05) is 23.5 Å². The first kappa shape index (κ1) is 14.8. The number of pyridine rings is 1. The van der Waals surface area contributed by atoms with Gasteiger partial charge in [0.05, 0.1) is 10.5 Å². The molecule has 0 aliphatic carbocycles. The zero-order valence-electron chi connectivity index (χ0n) is 11.5. The van der Waals surface area contributed by atoms with Gasteiger partial charge in [-0.05, 0) is 28.1 Å². The largest absolute Gasteiger partial charge is 0.263 e. The standard InChI is InChI=1S/C13H9N7O2S/c14-5-8-4-9(7-16-6-8)10-2-1-3-11(23(15,21)22)12(10)13-17-19-20-18-13/h1-4,6-7H,(H2,15,21,22)(H,17,18,19,20). The lowest BCUT2D eigenvalue weighted by molar-refractivity contribution is 0.598. The van der Waals surface area contributed by atoms with Crippen LogP contribution in [0.1, 0.15) is 5.56 Å². The van der Waals surface area contributed by atoms with Crippen molar-refractivity contribution < 1.29 is 8.42 Å². The van der Waals surface area contributed by atoms with Crippen molar-refractivity contribution in [1.29, 1.82) is 5.26 Å². The summed E-state index contributed by atoms with van der Waals surface area (Å²) in [7, 11) is -4.01. The number of tetrazole rings is 1. The summed E-state index contributed by atoms with van der Waals surface area (Å²) in [5.74, 6) is 0.145. The van der Waals surface area contributed by atoms with Gasteiger partial charge >= 0.3 is 0 Å². The molecule has 0 fully saturated rings. The Kier molecular flexibility index (Phi) is 3.57. The predicted molar refractivity (Wildman–Crippen MR) is 78.9 cm³/mol. The van der Waals surface area contributed by atoms with Crippen molar-refractivity contribution >= 4 is 10.0 Å². The molecule has 0 atom stereocenters. The molecule has 114 valence electrons. The average Bonchev–Trinajstić information content (AvgIpc) is 3.07. The van der Waals surface area contributed by atoms with Crippen molar-refractivity contribution in [3.8, 4) is 28.6 Å². The molecular formula is C13H9N7O2S. The molecule has 2 aromatic heterocycles. The Morgan fingerprint density at radius 2 is 2.09 bits per heavy atom. The summed E-state index contributed by atoms with van der Waals surface area (Å²) in [6, 6.07) is 8.14. The van der Waals surface area contributed by atoms with Gasteiger partial charge in [0.25, 0.3) is 0 Å². The summed E-state index contributed by atoms with van der Waals surface area (Å²) in [6.45, 7) is 0. The van der Waals surface area contributed by atoms with Gasteiger partial charge in [0.1, 0.15) is 6.07 Å². The van der Waals surface area contributed by atoms with Crippen LogP contribution in [0.5, 0.6) is 0 Å². The number of nitrogens with two attached hydrogens (primary N) is 1. The van der Waals surface area contributed by atoms with Gasteiger partial charge < -0.3 is 0 Å². The Morgan fingerprint density at radius 1 is 1.26 bits per heavy atom. The lowest BCUT2D eigenvalue weighted by atomic mass is 9.99. The van der Waals surface area contributed by atoms with Crippen LogP contribution in [0.25, 0.3) is 22.5 Å². The number of hydrogen-bond acceptors (Lipinski definition) is 7. The molecule has 0 spiro atoms. The van der Waals surface area contributed by atoms with Crippen molar-refractivity contribution in [3.05, 3.63) is 42.2 Å². The van der Waals surface area contributed by atoms with Crippen molar-refractivity contribution in [3.63, 3.8) is 0 Å². The highest BCUT2D eigenvalue weighted by atomic mass is 32.2. The number of hydrogen-bond donors (Lipinski definition) is 2. The quantitative estimate of drug-likeness (QED) is 0.708. The molecular weight excluding hydrogens is 318 g/mol. The summed E-state index contributed by atoms with van der Waals surface area (Å²) < 4.78 is 23.8. The van der Waals surface area contributed by atoms with Crippen LogP contribution in [-0.2, 0) is 10.0 Å². The molecule has 3 N–H and O–H groups in total. The predicted octanol–water partition coefficient (Wildman–Crippen LogP) is 0.448. The molecule has 0 saturated heterocycles. The summed E-state index contributed by atoms with van der Waals surface area (Å²) in [4.78, 5) is 3.85. The average molecular weight is 327 g/mol. The van der Waals surface area contributed by atoms with E-state index in [1.807, 2.05) is 6.07 Å². The molecule has 0 aliphatic heterocycles. The van der Waals surface area contributed by atoms with Gasteiger partial charge in [-0.1, -0.05) is 12.1 Å². The van der Waals surface area contributed by atoms with Crippen LogP contribution < -0.4 is 5.14 Å². The van der Waals surface area contributed by atoms with Crippen LogP contribution in [0.15, 0.2) is 41.6 Å². The maximum Gasteiger partial charge on any atom is 0.238 e. The van der Waals surface area contributed by atoms with Crippen molar-refractivity contribution in [2.75, 3.05) is 0 Å². The van der Waals surface area contributed by atoms with E-state index < -0.39 is 10.0 Å². The maximum absolute atomic E-state index is 11.9. The van der Waals surface area contributed by atoms with Gasteiger partial charge in [-0.15, -0.1) is 5.10 Å². The molecule has 0 bridgehead atoms. The van der Waals surface area contributed by atoms with Gasteiger partial charge in [-0.25, -0.2) is 18.7 Å². The van der Waals surface area contributed by atoms with E-state index in [0.29, 0.717) is 16.7 Å². The van der Waals surface area contributed by atoms with E-state index in [-0.39, 0.29) is 16.3 Å². The molecule has 23 heavy (non-hydrogen) atoms. The Labute approximate surface area is 130 Å². The van der Waals surface area contributed by atoms with Crippen molar-refractivity contribution in [2.24, 2.45) is 5.14 Å². The summed E-state index contributed by atoms with van der Waals surface area (Å²) in [6.07, 6.45) is 2.92. The van der Waals surface area contributed by atoms with E-state index in [4.69, 9.17) is 10.4 Å². The number of aromatic amines is 1. The first-order valence-electron chi connectivity index (χ1n) is 6.26. The van der Waals surface area contributed by atoms with E-state index >= 15 is 0 Å². The van der Waals surface area contributed by atoms with Crippen LogP contribution in [0.4, 0.5) is 0 Å². The molecule has 0 saturated carbocycles. The molecule has 0 radical (unpaired) electrons. The highest BCUT2D eigenvalue weighted by molar-refractivity contribution is 7.89. The maximum atomic E-state index is 11.9. The van der Waals surface area contributed by atoms with E-state index in [1.165, 1.54) is 18.5 Å². The molecule has 0 aliphatic rings. The number of primary sulfonamides is 1. The molecule has 9 nitrogen and oxygen atoms in total. The number of benzene rings is 1. The summed E-state index contributed by atoms with van der Waals surface area (Å²) in [5, 5.41) is 27.5. The van der Waals surface area contributed by atoms with Gasteiger partial charge in [-0.2, -0.15) is 5.26 Å². The molecule has 10 heteroatoms. The Hall–Kier alpha value is -3.16. The number of nitriles is 1. The number of sulfonamides is 1. The van der Waals surface area contributed by atoms with E-state index in [9.17, 15) is 8.42 Å². The fraction of sp³-hybridized carbons (Fsp3) is 0. The number of nitrogens with zero attached hydrogens (tertiary/aromatic N) is 5. The monoisotopic (exact) mass is 327 g/mol. The SMILES string of the molecule is N#Cc1cncc(-c2cccc(S(N)(=O)=O)c2-c2nnn[nH]2)c1. The molecule has 0 amide bonds. The van der Waals surface area contributed by atoms with Crippen LogP contribution >= 0.6 is 0 Å². The zero-order valence-corrected chi connectivity index (χ0v) is 12.3. The van der Waals surface area contributed by atoms with E-state index in [1.54, 1.807) is 18.2 Å². The molecule has 3 rings (SSSR count). The lowest BCUT2D eigenvalue weighted by Crippen LogP contribution is -2.14. The topological polar surface area (TPSA) is 151 Å².